The number of alkyl halides is 6. The molecule has 1 unspecified atom stereocenters. The summed E-state index contributed by atoms with van der Waals surface area (Å²) in [7, 11) is 1.56. The Kier molecular flexibility index (Phi) is 4.68. The van der Waals surface area contributed by atoms with E-state index in [1.807, 2.05) is 0 Å². The van der Waals surface area contributed by atoms with E-state index < -0.39 is 34.9 Å². The van der Waals surface area contributed by atoms with Gasteiger partial charge in [-0.05, 0) is 30.2 Å². The molecule has 0 heterocycles. The molecule has 0 fully saturated rings. The van der Waals surface area contributed by atoms with Gasteiger partial charge in [-0.15, -0.1) is 0 Å². The maximum atomic E-state index is 12.9. The normalized spacial score (nSPS) is 15.1. The van der Waals surface area contributed by atoms with Crippen molar-refractivity contribution >= 4 is 0 Å². The van der Waals surface area contributed by atoms with Gasteiger partial charge in [0.15, 0.2) is 0 Å². The molecule has 1 aromatic carbocycles. The molecule has 0 bridgehead atoms. The standard InChI is InChI=1S/C14H17F6N/c1-12(2,3)11(21-4)8-5-6-9(13(15,16)17)10(7-8)14(18,19)20/h5-7,11,21H,1-4H3. The molecule has 0 aliphatic heterocycles. The Morgan fingerprint density at radius 3 is 1.67 bits per heavy atom. The van der Waals surface area contributed by atoms with E-state index in [4.69, 9.17) is 0 Å². The molecule has 0 aromatic heterocycles. The average Bonchev–Trinajstić information content (AvgIpc) is 2.25. The second kappa shape index (κ2) is 5.51. The van der Waals surface area contributed by atoms with Crippen molar-refractivity contribution in [2.75, 3.05) is 7.05 Å². The first-order valence-corrected chi connectivity index (χ1v) is 6.24. The highest BCUT2D eigenvalue weighted by Crippen LogP contribution is 2.42. The molecule has 1 aromatic rings. The quantitative estimate of drug-likeness (QED) is 0.755. The van der Waals surface area contributed by atoms with Crippen LogP contribution < -0.4 is 5.32 Å². The Morgan fingerprint density at radius 2 is 1.33 bits per heavy atom. The molecule has 0 aliphatic carbocycles. The van der Waals surface area contributed by atoms with Crippen LogP contribution in [-0.2, 0) is 12.4 Å². The number of rotatable bonds is 2. The highest BCUT2D eigenvalue weighted by atomic mass is 19.4. The van der Waals surface area contributed by atoms with E-state index in [9.17, 15) is 26.3 Å². The zero-order valence-corrected chi connectivity index (χ0v) is 12.1. The molecule has 0 radical (unpaired) electrons. The molecule has 21 heavy (non-hydrogen) atoms. The summed E-state index contributed by atoms with van der Waals surface area (Å²) in [5.41, 5.74) is -3.60. The summed E-state index contributed by atoms with van der Waals surface area (Å²) in [6.07, 6.45) is -10.1. The molecule has 0 saturated carbocycles. The molecule has 1 atom stereocenters. The van der Waals surface area contributed by atoms with Crippen LogP contribution in [0.15, 0.2) is 18.2 Å². The molecule has 0 spiro atoms. The van der Waals surface area contributed by atoms with E-state index in [1.165, 1.54) is 0 Å². The fourth-order valence-electron chi connectivity index (χ4n) is 2.32. The third-order valence-corrected chi connectivity index (χ3v) is 3.14. The zero-order chi connectivity index (χ0) is 16.6. The summed E-state index contributed by atoms with van der Waals surface area (Å²) in [4.78, 5) is 0. The predicted octanol–water partition coefficient (Wildman–Crippen LogP) is 5.03. The third-order valence-electron chi connectivity index (χ3n) is 3.14. The van der Waals surface area contributed by atoms with Crippen molar-refractivity contribution in [2.24, 2.45) is 5.41 Å². The van der Waals surface area contributed by atoms with E-state index in [-0.39, 0.29) is 5.56 Å². The Bertz CT molecular complexity index is 496. The Labute approximate surface area is 119 Å². The van der Waals surface area contributed by atoms with Crippen LogP contribution in [0.4, 0.5) is 26.3 Å². The van der Waals surface area contributed by atoms with Crippen molar-refractivity contribution in [3.05, 3.63) is 34.9 Å². The van der Waals surface area contributed by atoms with E-state index in [1.54, 1.807) is 27.8 Å². The van der Waals surface area contributed by atoms with Gasteiger partial charge in [0.05, 0.1) is 11.1 Å². The molecule has 1 N–H and O–H groups in total. The summed E-state index contributed by atoms with van der Waals surface area (Å²) in [5, 5.41) is 2.85. The van der Waals surface area contributed by atoms with Gasteiger partial charge in [0, 0.05) is 6.04 Å². The molecule has 0 amide bonds. The van der Waals surface area contributed by atoms with E-state index in [2.05, 4.69) is 5.32 Å². The topological polar surface area (TPSA) is 12.0 Å². The average molecular weight is 313 g/mol. The second-order valence-electron chi connectivity index (χ2n) is 5.89. The monoisotopic (exact) mass is 313 g/mol. The minimum Gasteiger partial charge on any atom is -0.313 e. The van der Waals surface area contributed by atoms with Crippen molar-refractivity contribution in [3.63, 3.8) is 0 Å². The maximum absolute atomic E-state index is 12.9. The van der Waals surface area contributed by atoms with Crippen LogP contribution >= 0.6 is 0 Å². The molecule has 0 aliphatic rings. The largest absolute Gasteiger partial charge is 0.417 e. The molecule has 7 heteroatoms. The van der Waals surface area contributed by atoms with Crippen molar-refractivity contribution in [1.82, 2.24) is 5.32 Å². The van der Waals surface area contributed by atoms with Crippen LogP contribution in [0.5, 0.6) is 0 Å². The third kappa shape index (κ3) is 4.12. The Hall–Kier alpha value is -1.24. The second-order valence-corrected chi connectivity index (χ2v) is 5.89. The van der Waals surface area contributed by atoms with Gasteiger partial charge >= 0.3 is 12.4 Å². The van der Waals surface area contributed by atoms with Gasteiger partial charge in [0.25, 0.3) is 0 Å². The van der Waals surface area contributed by atoms with Crippen molar-refractivity contribution in [2.45, 2.75) is 39.2 Å². The van der Waals surface area contributed by atoms with Crippen LogP contribution in [-0.4, -0.2) is 7.05 Å². The van der Waals surface area contributed by atoms with Crippen molar-refractivity contribution in [3.8, 4) is 0 Å². The summed E-state index contributed by atoms with van der Waals surface area (Å²) >= 11 is 0. The number of nitrogens with one attached hydrogen (secondary N) is 1. The minimum absolute atomic E-state index is 0.172. The first-order chi connectivity index (χ1) is 9.28. The number of benzene rings is 1. The number of halogens is 6. The van der Waals surface area contributed by atoms with Gasteiger partial charge in [-0.2, -0.15) is 26.3 Å². The highest BCUT2D eigenvalue weighted by Gasteiger charge is 2.43. The Balaban J connectivity index is 3.49. The lowest BCUT2D eigenvalue weighted by Gasteiger charge is -2.31. The molecule has 120 valence electrons. The smallest absolute Gasteiger partial charge is 0.313 e. The minimum atomic E-state index is -5.06. The number of hydrogen-bond acceptors (Lipinski definition) is 1. The van der Waals surface area contributed by atoms with Crippen LogP contribution in [0, 0.1) is 5.41 Å². The van der Waals surface area contributed by atoms with Gasteiger partial charge in [0.1, 0.15) is 0 Å². The lowest BCUT2D eigenvalue weighted by atomic mass is 9.81. The van der Waals surface area contributed by atoms with E-state index in [0.29, 0.717) is 12.1 Å². The van der Waals surface area contributed by atoms with Gasteiger partial charge in [-0.1, -0.05) is 26.8 Å². The maximum Gasteiger partial charge on any atom is 0.417 e. The summed E-state index contributed by atoms with van der Waals surface area (Å²) in [6.45, 7) is 5.37. The van der Waals surface area contributed by atoms with Gasteiger partial charge in [-0.3, -0.25) is 0 Å². The van der Waals surface area contributed by atoms with Crippen LogP contribution in [0.2, 0.25) is 0 Å². The van der Waals surface area contributed by atoms with Crippen molar-refractivity contribution < 1.29 is 26.3 Å². The summed E-state index contributed by atoms with van der Waals surface area (Å²) in [5.74, 6) is 0. The molecular weight excluding hydrogens is 296 g/mol. The first-order valence-electron chi connectivity index (χ1n) is 6.24. The fraction of sp³-hybridized carbons (Fsp3) is 0.571. The van der Waals surface area contributed by atoms with Gasteiger partial charge in [-0.25, -0.2) is 0 Å². The summed E-state index contributed by atoms with van der Waals surface area (Å²) in [6, 6.07) is 1.66. The molecule has 1 rings (SSSR count). The molecule has 0 saturated heterocycles. The summed E-state index contributed by atoms with van der Waals surface area (Å²) < 4.78 is 76.8. The SMILES string of the molecule is CNC(c1ccc(C(F)(F)F)c(C(F)(F)F)c1)C(C)(C)C. The molecular formula is C14H17F6N. The molecule has 1 nitrogen and oxygen atoms in total. The van der Waals surface area contributed by atoms with Crippen LogP contribution in [0.25, 0.3) is 0 Å². The predicted molar refractivity (Wildman–Crippen MR) is 67.7 cm³/mol. The van der Waals surface area contributed by atoms with Crippen LogP contribution in [0.1, 0.15) is 43.5 Å². The van der Waals surface area contributed by atoms with Crippen LogP contribution in [0.3, 0.4) is 0 Å². The lowest BCUT2D eigenvalue weighted by Crippen LogP contribution is -2.30. The fourth-order valence-corrected chi connectivity index (χ4v) is 2.32. The first kappa shape index (κ1) is 17.8. The zero-order valence-electron chi connectivity index (χ0n) is 12.1. The van der Waals surface area contributed by atoms with E-state index >= 15 is 0 Å². The van der Waals surface area contributed by atoms with E-state index in [0.717, 1.165) is 6.07 Å². The highest BCUT2D eigenvalue weighted by molar-refractivity contribution is 5.38. The lowest BCUT2D eigenvalue weighted by molar-refractivity contribution is -0.162. The van der Waals surface area contributed by atoms with Crippen molar-refractivity contribution in [1.29, 1.82) is 0 Å². The van der Waals surface area contributed by atoms with Gasteiger partial charge in [0.2, 0.25) is 0 Å². The Morgan fingerprint density at radius 1 is 0.857 bits per heavy atom. The van der Waals surface area contributed by atoms with Gasteiger partial charge < -0.3 is 5.32 Å². The number of hydrogen-bond donors (Lipinski definition) is 1.